The molecule has 0 radical (unpaired) electrons. The lowest BCUT2D eigenvalue weighted by Gasteiger charge is -2.28. The number of ether oxygens (including phenoxy) is 1. The van der Waals surface area contributed by atoms with E-state index in [0.29, 0.717) is 28.7 Å². The fourth-order valence-electron chi connectivity index (χ4n) is 6.10. The number of carboxylic acid groups (broad SMARTS) is 1. The molecule has 3 N–H and O–H groups in total. The number of carbonyl (C=O) groups is 5. The number of allylic oxidation sites excluding steroid dienone is 5. The van der Waals surface area contributed by atoms with Crippen molar-refractivity contribution in [2.24, 2.45) is 23.7 Å². The van der Waals surface area contributed by atoms with Gasteiger partial charge in [0.05, 0.1) is 17.4 Å². The summed E-state index contributed by atoms with van der Waals surface area (Å²) in [6.45, 7) is 12.5. The number of hydrogen-bond donors (Lipinski definition) is 3. The molecule has 1 aromatic carbocycles. The SMILES string of the molecule is CC(=O)O[C@H]1/C(C)=C/[C@H](C)[C@@H](O)C(C)C[C@H](C)CC2=C(Cc3ccc(C(=O)O)cc3)C(=O)C=C(NC(=O)/C(C)=C/C=C\[C@@H]1C)C2=O. The third kappa shape index (κ3) is 9.33. The average molecular weight is 632 g/mol. The summed E-state index contributed by atoms with van der Waals surface area (Å²) in [6.07, 6.45) is 7.75. The molecule has 1 aromatic rings. The zero-order chi connectivity index (χ0) is 34.3. The average Bonchev–Trinajstić information content (AvgIpc) is 2.98. The van der Waals surface area contributed by atoms with Gasteiger partial charge in [-0.1, -0.05) is 64.1 Å². The number of Topliss-reactive ketones (excluding diaryl/α,β-unsaturated/α-hetero) is 1. The summed E-state index contributed by atoms with van der Waals surface area (Å²) in [4.78, 5) is 63.7. The van der Waals surface area contributed by atoms with Crippen molar-refractivity contribution in [3.05, 3.63) is 93.8 Å². The van der Waals surface area contributed by atoms with Crippen LogP contribution in [0, 0.1) is 23.7 Å². The first kappa shape index (κ1) is 36.1. The fraction of sp³-hybridized carbons (Fsp3) is 0.432. The Morgan fingerprint density at radius 1 is 1.00 bits per heavy atom. The van der Waals surface area contributed by atoms with Crippen LogP contribution in [0.25, 0.3) is 0 Å². The van der Waals surface area contributed by atoms with E-state index in [1.165, 1.54) is 19.1 Å². The number of ketones is 2. The van der Waals surface area contributed by atoms with Crippen LogP contribution in [0.3, 0.4) is 0 Å². The lowest BCUT2D eigenvalue weighted by molar-refractivity contribution is -0.146. The zero-order valence-electron chi connectivity index (χ0n) is 27.6. The molecule has 0 saturated carbocycles. The third-order valence-corrected chi connectivity index (χ3v) is 8.60. The van der Waals surface area contributed by atoms with Gasteiger partial charge in [-0.15, -0.1) is 0 Å². The lowest BCUT2D eigenvalue weighted by Crippen LogP contribution is -2.33. The van der Waals surface area contributed by atoms with Crippen LogP contribution in [0.5, 0.6) is 0 Å². The van der Waals surface area contributed by atoms with Crippen molar-refractivity contribution in [2.75, 3.05) is 0 Å². The van der Waals surface area contributed by atoms with Crippen LogP contribution in [0.4, 0.5) is 0 Å². The smallest absolute Gasteiger partial charge is 0.335 e. The number of rotatable bonds is 4. The molecule has 0 spiro atoms. The van der Waals surface area contributed by atoms with E-state index in [1.807, 2.05) is 46.8 Å². The Hall–Kier alpha value is -4.37. The van der Waals surface area contributed by atoms with Gasteiger partial charge in [0.2, 0.25) is 5.78 Å². The minimum atomic E-state index is -1.07. The second-order valence-corrected chi connectivity index (χ2v) is 12.7. The Balaban J connectivity index is 2.05. The van der Waals surface area contributed by atoms with Crippen LogP contribution < -0.4 is 5.32 Å². The summed E-state index contributed by atoms with van der Waals surface area (Å²) in [5, 5.41) is 23.1. The van der Waals surface area contributed by atoms with Crippen LogP contribution in [-0.2, 0) is 30.3 Å². The molecular weight excluding hydrogens is 586 g/mol. The summed E-state index contributed by atoms with van der Waals surface area (Å²) < 4.78 is 5.64. The van der Waals surface area contributed by atoms with Crippen molar-refractivity contribution in [2.45, 2.75) is 79.9 Å². The molecule has 1 amide bonds. The Morgan fingerprint density at radius 3 is 2.26 bits per heavy atom. The van der Waals surface area contributed by atoms with Crippen molar-refractivity contribution >= 4 is 29.4 Å². The predicted octanol–water partition coefficient (Wildman–Crippen LogP) is 5.46. The van der Waals surface area contributed by atoms with E-state index >= 15 is 0 Å². The molecule has 9 heteroatoms. The molecule has 2 aliphatic rings. The number of carboxylic acids is 1. The number of aliphatic hydroxyl groups excluding tert-OH is 1. The van der Waals surface area contributed by atoms with E-state index in [0.717, 1.165) is 11.6 Å². The molecule has 246 valence electrons. The van der Waals surface area contributed by atoms with Crippen LogP contribution in [-0.4, -0.2) is 51.8 Å². The quantitative estimate of drug-likeness (QED) is 0.226. The van der Waals surface area contributed by atoms with Gasteiger partial charge in [0.1, 0.15) is 6.10 Å². The Kier molecular flexibility index (Phi) is 12.4. The minimum Gasteiger partial charge on any atom is -0.478 e. The Morgan fingerprint density at radius 2 is 1.65 bits per heavy atom. The summed E-state index contributed by atoms with van der Waals surface area (Å²) in [6, 6.07) is 6.14. The molecule has 46 heavy (non-hydrogen) atoms. The van der Waals surface area contributed by atoms with Gasteiger partial charge in [-0.2, -0.15) is 0 Å². The molecule has 1 unspecified atom stereocenters. The largest absolute Gasteiger partial charge is 0.478 e. The summed E-state index contributed by atoms with van der Waals surface area (Å²) in [5.41, 5.74) is 2.36. The van der Waals surface area contributed by atoms with E-state index in [-0.39, 0.29) is 47.8 Å². The van der Waals surface area contributed by atoms with Gasteiger partial charge in [0.15, 0.2) is 5.78 Å². The maximum absolute atomic E-state index is 13.9. The molecule has 1 heterocycles. The van der Waals surface area contributed by atoms with Crippen molar-refractivity contribution in [3.63, 3.8) is 0 Å². The lowest BCUT2D eigenvalue weighted by atomic mass is 9.80. The van der Waals surface area contributed by atoms with Gasteiger partial charge in [-0.25, -0.2) is 4.79 Å². The first-order valence-electron chi connectivity index (χ1n) is 15.6. The Labute approximate surface area is 270 Å². The second-order valence-electron chi connectivity index (χ2n) is 12.7. The number of fused-ring (bicyclic) bond motifs is 2. The molecule has 1 aliphatic carbocycles. The topological polar surface area (TPSA) is 147 Å². The van der Waals surface area contributed by atoms with Crippen LogP contribution in [0.2, 0.25) is 0 Å². The van der Waals surface area contributed by atoms with E-state index in [4.69, 9.17) is 4.74 Å². The first-order chi connectivity index (χ1) is 21.6. The summed E-state index contributed by atoms with van der Waals surface area (Å²) in [7, 11) is 0. The summed E-state index contributed by atoms with van der Waals surface area (Å²) in [5.74, 6) is -3.69. The number of carbonyl (C=O) groups excluding carboxylic acids is 4. The van der Waals surface area contributed by atoms with Crippen molar-refractivity contribution in [1.82, 2.24) is 5.32 Å². The molecule has 2 bridgehead atoms. The van der Waals surface area contributed by atoms with Gasteiger partial charge >= 0.3 is 11.9 Å². The van der Waals surface area contributed by atoms with Gasteiger partial charge in [-0.05, 0) is 61.8 Å². The predicted molar refractivity (Wildman–Crippen MR) is 174 cm³/mol. The van der Waals surface area contributed by atoms with Gasteiger partial charge < -0.3 is 20.3 Å². The van der Waals surface area contributed by atoms with E-state index in [9.17, 15) is 34.2 Å². The fourth-order valence-corrected chi connectivity index (χ4v) is 6.10. The van der Waals surface area contributed by atoms with E-state index in [2.05, 4.69) is 5.32 Å². The molecule has 9 nitrogen and oxygen atoms in total. The standard InChI is InChI=1S/C37H45NO8/c1-20-15-23(4)33(41)24(5)17-25(6)35(46-26(7)39)21(2)9-8-10-22(3)36(43)38-31-19-32(40)29(30(16-20)34(31)42)18-27-11-13-28(14-12-27)37(44)45/h8-14,17,19-21,23-24,33,35,41H,15-16,18H2,1-7H3,(H,38,43)(H,44,45)/b9-8-,22-10+,25-17+/t20-,21-,23?,24-,33-,35+/m0/s1. The molecule has 1 aliphatic heterocycles. The maximum atomic E-state index is 13.9. The van der Waals surface area contributed by atoms with Crippen LogP contribution in [0.15, 0.2) is 82.6 Å². The highest BCUT2D eigenvalue weighted by Gasteiger charge is 2.32. The number of esters is 1. The summed E-state index contributed by atoms with van der Waals surface area (Å²) >= 11 is 0. The highest BCUT2D eigenvalue weighted by molar-refractivity contribution is 6.24. The van der Waals surface area contributed by atoms with Gasteiger partial charge in [0, 0.05) is 48.0 Å². The number of aromatic carboxylic acids is 1. The Bertz CT molecular complexity index is 1520. The van der Waals surface area contributed by atoms with Crippen molar-refractivity contribution < 1.29 is 38.9 Å². The second kappa shape index (κ2) is 15.8. The van der Waals surface area contributed by atoms with Crippen molar-refractivity contribution in [3.8, 4) is 0 Å². The van der Waals surface area contributed by atoms with E-state index < -0.39 is 41.6 Å². The molecule has 0 saturated heterocycles. The number of hydrogen-bond acceptors (Lipinski definition) is 7. The van der Waals surface area contributed by atoms with Crippen molar-refractivity contribution in [1.29, 1.82) is 0 Å². The molecule has 6 atom stereocenters. The molecule has 3 rings (SSSR count). The monoisotopic (exact) mass is 631 g/mol. The number of aliphatic hydroxyl groups is 1. The molecule has 0 aromatic heterocycles. The van der Waals surface area contributed by atoms with Crippen LogP contribution >= 0.6 is 0 Å². The highest BCUT2D eigenvalue weighted by Crippen LogP contribution is 2.32. The minimum absolute atomic E-state index is 0.110. The first-order valence-corrected chi connectivity index (χ1v) is 15.6. The van der Waals surface area contributed by atoms with Crippen LogP contribution in [0.1, 0.15) is 77.2 Å². The molecular formula is C37H45NO8. The number of nitrogens with one attached hydrogen (secondary N) is 1. The highest BCUT2D eigenvalue weighted by atomic mass is 16.5. The zero-order valence-corrected chi connectivity index (χ0v) is 27.6. The van der Waals surface area contributed by atoms with E-state index in [1.54, 1.807) is 31.2 Å². The normalized spacial score (nSPS) is 29.9. The van der Waals surface area contributed by atoms with Gasteiger partial charge in [0.25, 0.3) is 5.91 Å². The number of benzene rings is 1. The molecule has 0 fully saturated rings. The maximum Gasteiger partial charge on any atom is 0.335 e. The number of amides is 1. The van der Waals surface area contributed by atoms with Gasteiger partial charge in [-0.3, -0.25) is 19.2 Å². The third-order valence-electron chi connectivity index (χ3n) is 8.60.